The van der Waals surface area contributed by atoms with Crippen LogP contribution < -0.4 is 0 Å². The summed E-state index contributed by atoms with van der Waals surface area (Å²) < 4.78 is 7.70. The van der Waals surface area contributed by atoms with Crippen LogP contribution in [0.15, 0.2) is 30.5 Å². The Balaban J connectivity index is 1.48. The lowest BCUT2D eigenvalue weighted by Gasteiger charge is -2.16. The van der Waals surface area contributed by atoms with Gasteiger partial charge >= 0.3 is 0 Å². The number of amides is 1. The number of hydrogen-bond acceptors (Lipinski definition) is 3. The Morgan fingerprint density at radius 3 is 3.00 bits per heavy atom. The first kappa shape index (κ1) is 17.0. The highest BCUT2D eigenvalue weighted by molar-refractivity contribution is 6.31. The number of ether oxygens (including phenoxy) is 1. The summed E-state index contributed by atoms with van der Waals surface area (Å²) in [5, 5.41) is 0.655. The Labute approximate surface area is 147 Å². The molecule has 0 N–H and O–H groups in total. The van der Waals surface area contributed by atoms with Gasteiger partial charge in [0.2, 0.25) is 5.91 Å². The molecule has 1 aliphatic heterocycles. The van der Waals surface area contributed by atoms with E-state index in [0.717, 1.165) is 30.0 Å². The molecule has 0 unspecified atom stereocenters. The van der Waals surface area contributed by atoms with Crippen molar-refractivity contribution in [3.8, 4) is 0 Å². The number of nitrogens with zero attached hydrogens (tertiary/aromatic N) is 3. The number of fused-ring (bicyclic) bond motifs is 1. The number of carbonyl (C=O) groups excluding carboxylic acids is 1. The lowest BCUT2D eigenvalue weighted by atomic mass is 10.2. The van der Waals surface area contributed by atoms with Crippen LogP contribution in [0.2, 0.25) is 5.02 Å². The molecule has 1 aromatic heterocycles. The molecule has 0 saturated heterocycles. The number of halogens is 1. The third-order valence-electron chi connectivity index (χ3n) is 4.22. The van der Waals surface area contributed by atoms with Gasteiger partial charge in [0.25, 0.3) is 0 Å². The standard InChI is InChI=1S/C18H22ClN3O2/c1-21(10-15-11-22-9-5-4-8-17(22)20-15)18(23)13-24-12-14-6-2-3-7-16(14)19/h2-3,6-7,11H,4-5,8-10,12-13H2,1H3. The third kappa shape index (κ3) is 4.16. The van der Waals surface area contributed by atoms with Crippen molar-refractivity contribution in [3.63, 3.8) is 0 Å². The smallest absolute Gasteiger partial charge is 0.248 e. The third-order valence-corrected chi connectivity index (χ3v) is 4.59. The molecule has 2 heterocycles. The molecule has 1 aliphatic rings. The number of aryl methyl sites for hydroxylation is 2. The van der Waals surface area contributed by atoms with E-state index in [9.17, 15) is 4.79 Å². The largest absolute Gasteiger partial charge is 0.367 e. The van der Waals surface area contributed by atoms with E-state index in [4.69, 9.17) is 16.3 Å². The summed E-state index contributed by atoms with van der Waals surface area (Å²) in [5.74, 6) is 1.07. The predicted molar refractivity (Wildman–Crippen MR) is 92.7 cm³/mol. The average molecular weight is 348 g/mol. The van der Waals surface area contributed by atoms with Crippen LogP contribution in [-0.4, -0.2) is 34.0 Å². The Hall–Kier alpha value is -1.85. The lowest BCUT2D eigenvalue weighted by molar-refractivity contribution is -0.135. The number of aromatic nitrogens is 2. The number of imidazole rings is 1. The fraction of sp³-hybridized carbons (Fsp3) is 0.444. The molecular formula is C18H22ClN3O2. The number of hydrogen-bond donors (Lipinski definition) is 0. The second-order valence-corrected chi connectivity index (χ2v) is 6.54. The van der Waals surface area contributed by atoms with Crippen LogP contribution in [0.4, 0.5) is 0 Å². The first-order valence-corrected chi connectivity index (χ1v) is 8.61. The first-order chi connectivity index (χ1) is 11.6. The van der Waals surface area contributed by atoms with Crippen molar-refractivity contribution in [1.29, 1.82) is 0 Å². The van der Waals surface area contributed by atoms with Gasteiger partial charge in [-0.1, -0.05) is 29.8 Å². The molecule has 1 aromatic carbocycles. The van der Waals surface area contributed by atoms with Crippen molar-refractivity contribution in [3.05, 3.63) is 52.6 Å². The molecule has 6 heteroatoms. The van der Waals surface area contributed by atoms with Crippen LogP contribution in [0.5, 0.6) is 0 Å². The van der Waals surface area contributed by atoms with E-state index in [1.54, 1.807) is 11.9 Å². The number of carbonyl (C=O) groups is 1. The van der Waals surface area contributed by atoms with Crippen molar-refractivity contribution >= 4 is 17.5 Å². The molecule has 0 fully saturated rings. The van der Waals surface area contributed by atoms with E-state index in [-0.39, 0.29) is 12.5 Å². The molecule has 3 rings (SSSR count). The van der Waals surface area contributed by atoms with Crippen molar-refractivity contribution < 1.29 is 9.53 Å². The number of benzene rings is 1. The lowest BCUT2D eigenvalue weighted by Crippen LogP contribution is -2.30. The van der Waals surface area contributed by atoms with Crippen molar-refractivity contribution in [2.24, 2.45) is 0 Å². The Kier molecular flexibility index (Phi) is 5.53. The van der Waals surface area contributed by atoms with Crippen LogP contribution in [0.1, 0.15) is 29.9 Å². The Morgan fingerprint density at radius 2 is 2.21 bits per heavy atom. The maximum Gasteiger partial charge on any atom is 0.248 e. The van der Waals surface area contributed by atoms with Gasteiger partial charge < -0.3 is 14.2 Å². The molecule has 0 bridgehead atoms. The van der Waals surface area contributed by atoms with E-state index in [0.29, 0.717) is 18.2 Å². The summed E-state index contributed by atoms with van der Waals surface area (Å²) in [4.78, 5) is 18.5. The minimum atomic E-state index is -0.0620. The summed E-state index contributed by atoms with van der Waals surface area (Å²) in [7, 11) is 1.78. The summed E-state index contributed by atoms with van der Waals surface area (Å²) >= 11 is 6.07. The molecule has 128 valence electrons. The molecule has 0 saturated carbocycles. The summed E-state index contributed by atoms with van der Waals surface area (Å²) in [6.45, 7) is 1.91. The zero-order valence-electron chi connectivity index (χ0n) is 13.9. The zero-order valence-corrected chi connectivity index (χ0v) is 14.6. The number of rotatable bonds is 6. The van der Waals surface area contributed by atoms with E-state index in [1.807, 2.05) is 24.3 Å². The van der Waals surface area contributed by atoms with Crippen LogP contribution in [0.25, 0.3) is 0 Å². The van der Waals surface area contributed by atoms with Gasteiger partial charge in [-0.05, 0) is 24.5 Å². The molecule has 0 atom stereocenters. The van der Waals surface area contributed by atoms with Gasteiger partial charge in [0, 0.05) is 31.2 Å². The van der Waals surface area contributed by atoms with Crippen LogP contribution >= 0.6 is 11.6 Å². The van der Waals surface area contributed by atoms with Crippen LogP contribution in [0.3, 0.4) is 0 Å². The van der Waals surface area contributed by atoms with E-state index in [2.05, 4.69) is 15.7 Å². The Morgan fingerprint density at radius 1 is 1.38 bits per heavy atom. The summed E-state index contributed by atoms with van der Waals surface area (Å²) in [5.41, 5.74) is 1.82. The highest BCUT2D eigenvalue weighted by atomic mass is 35.5. The zero-order chi connectivity index (χ0) is 16.9. The van der Waals surface area contributed by atoms with Gasteiger partial charge in [-0.25, -0.2) is 4.98 Å². The first-order valence-electron chi connectivity index (χ1n) is 8.23. The molecule has 0 radical (unpaired) electrons. The second-order valence-electron chi connectivity index (χ2n) is 6.13. The molecular weight excluding hydrogens is 326 g/mol. The molecule has 2 aromatic rings. The highest BCUT2D eigenvalue weighted by Gasteiger charge is 2.15. The van der Waals surface area contributed by atoms with Crippen molar-refractivity contribution in [2.75, 3.05) is 13.7 Å². The summed E-state index contributed by atoms with van der Waals surface area (Å²) in [6, 6.07) is 7.48. The molecule has 0 spiro atoms. The minimum absolute atomic E-state index is 0.0370. The van der Waals surface area contributed by atoms with Crippen molar-refractivity contribution in [1.82, 2.24) is 14.5 Å². The molecule has 24 heavy (non-hydrogen) atoms. The van der Waals surface area contributed by atoms with Gasteiger partial charge in [0.15, 0.2) is 0 Å². The maximum absolute atomic E-state index is 12.2. The fourth-order valence-corrected chi connectivity index (χ4v) is 3.04. The van der Waals surface area contributed by atoms with Gasteiger partial charge in [0.05, 0.1) is 18.8 Å². The predicted octanol–water partition coefficient (Wildman–Crippen LogP) is 3.05. The Bertz CT molecular complexity index is 691. The fourth-order valence-electron chi connectivity index (χ4n) is 2.85. The van der Waals surface area contributed by atoms with Crippen LogP contribution in [-0.2, 0) is 35.6 Å². The second kappa shape index (κ2) is 7.81. The quantitative estimate of drug-likeness (QED) is 0.807. The summed E-state index contributed by atoms with van der Waals surface area (Å²) in [6.07, 6.45) is 5.48. The van der Waals surface area contributed by atoms with Gasteiger partial charge in [0.1, 0.15) is 12.4 Å². The number of likely N-dealkylation sites (N-methyl/N-ethyl adjacent to an activating group) is 1. The van der Waals surface area contributed by atoms with Crippen LogP contribution in [0, 0.1) is 0 Å². The minimum Gasteiger partial charge on any atom is -0.367 e. The van der Waals surface area contributed by atoms with E-state index >= 15 is 0 Å². The topological polar surface area (TPSA) is 47.4 Å². The monoisotopic (exact) mass is 347 g/mol. The molecule has 5 nitrogen and oxygen atoms in total. The average Bonchev–Trinajstić information content (AvgIpc) is 2.98. The van der Waals surface area contributed by atoms with Crippen molar-refractivity contribution in [2.45, 2.75) is 39.0 Å². The van der Waals surface area contributed by atoms with Gasteiger partial charge in [-0.2, -0.15) is 0 Å². The normalized spacial score (nSPS) is 13.6. The molecule has 1 amide bonds. The SMILES string of the molecule is CN(Cc1cn2c(n1)CCCC2)C(=O)COCc1ccccc1Cl. The van der Waals surface area contributed by atoms with Gasteiger partial charge in [-0.3, -0.25) is 4.79 Å². The van der Waals surface area contributed by atoms with E-state index in [1.165, 1.54) is 12.8 Å². The maximum atomic E-state index is 12.2. The highest BCUT2D eigenvalue weighted by Crippen LogP contribution is 2.16. The van der Waals surface area contributed by atoms with Gasteiger partial charge in [-0.15, -0.1) is 0 Å². The molecule has 0 aliphatic carbocycles. The van der Waals surface area contributed by atoms with E-state index < -0.39 is 0 Å².